The Kier molecular flexibility index (Phi) is 3.85. The van der Waals surface area contributed by atoms with E-state index in [-0.39, 0.29) is 11.1 Å². The number of alkyl halides is 3. The second-order valence-corrected chi connectivity index (χ2v) is 3.97. The van der Waals surface area contributed by atoms with E-state index in [9.17, 15) is 13.2 Å². The van der Waals surface area contributed by atoms with Gasteiger partial charge in [0.05, 0.1) is 16.8 Å². The molecule has 2 aromatic rings. The van der Waals surface area contributed by atoms with Crippen molar-refractivity contribution in [1.29, 1.82) is 5.26 Å². The molecule has 0 atom stereocenters. The van der Waals surface area contributed by atoms with Crippen molar-refractivity contribution in [3.05, 3.63) is 65.5 Å². The minimum atomic E-state index is -4.46. The van der Waals surface area contributed by atoms with E-state index in [2.05, 4.69) is 4.98 Å². The maximum Gasteiger partial charge on any atom is 0.416 e. The fourth-order valence-corrected chi connectivity index (χ4v) is 1.72. The molecule has 5 heteroatoms. The van der Waals surface area contributed by atoms with Crippen LogP contribution < -0.4 is 0 Å². The molecule has 100 valence electrons. The van der Waals surface area contributed by atoms with Crippen LogP contribution in [-0.2, 0) is 6.18 Å². The first-order chi connectivity index (χ1) is 9.52. The lowest BCUT2D eigenvalue weighted by molar-refractivity contribution is -0.137. The molecule has 0 unspecified atom stereocenters. The van der Waals surface area contributed by atoms with Crippen LogP contribution in [0.3, 0.4) is 0 Å². The third kappa shape index (κ3) is 3.04. The van der Waals surface area contributed by atoms with Crippen LogP contribution in [0.25, 0.3) is 11.6 Å². The topological polar surface area (TPSA) is 36.7 Å². The molecule has 0 aliphatic rings. The Morgan fingerprint density at radius 2 is 1.80 bits per heavy atom. The van der Waals surface area contributed by atoms with Gasteiger partial charge in [0.15, 0.2) is 0 Å². The molecule has 1 aromatic carbocycles. The van der Waals surface area contributed by atoms with Gasteiger partial charge in [0.25, 0.3) is 0 Å². The largest absolute Gasteiger partial charge is 0.416 e. The van der Waals surface area contributed by atoms with E-state index in [0.717, 1.165) is 6.07 Å². The fraction of sp³-hybridized carbons (Fsp3) is 0.0667. The molecule has 20 heavy (non-hydrogen) atoms. The molecule has 2 nitrogen and oxygen atoms in total. The first kappa shape index (κ1) is 13.8. The second-order valence-electron chi connectivity index (χ2n) is 3.97. The van der Waals surface area contributed by atoms with Crippen LogP contribution in [0.2, 0.25) is 0 Å². The molecule has 0 amide bonds. The molecule has 0 fully saturated rings. The Bertz CT molecular complexity index is 668. The number of allylic oxidation sites excluding steroid dienone is 1. The number of pyridine rings is 1. The Balaban J connectivity index is 2.53. The molecule has 0 aliphatic heterocycles. The summed E-state index contributed by atoms with van der Waals surface area (Å²) in [7, 11) is 0. The van der Waals surface area contributed by atoms with Gasteiger partial charge >= 0.3 is 6.18 Å². The molecule has 0 saturated heterocycles. The van der Waals surface area contributed by atoms with E-state index in [1.54, 1.807) is 18.2 Å². The third-order valence-electron chi connectivity index (χ3n) is 2.63. The first-order valence-corrected chi connectivity index (χ1v) is 5.72. The van der Waals surface area contributed by atoms with Gasteiger partial charge in [0.1, 0.15) is 6.07 Å². The smallest absolute Gasteiger partial charge is 0.256 e. The van der Waals surface area contributed by atoms with E-state index in [0.29, 0.717) is 5.69 Å². The van der Waals surface area contributed by atoms with Crippen molar-refractivity contribution < 1.29 is 13.2 Å². The van der Waals surface area contributed by atoms with Crippen LogP contribution in [0.4, 0.5) is 13.2 Å². The van der Waals surface area contributed by atoms with Crippen molar-refractivity contribution in [2.24, 2.45) is 0 Å². The van der Waals surface area contributed by atoms with Gasteiger partial charge in [-0.2, -0.15) is 18.4 Å². The summed E-state index contributed by atoms with van der Waals surface area (Å²) < 4.78 is 38.6. The predicted molar refractivity (Wildman–Crippen MR) is 69.2 cm³/mol. The van der Waals surface area contributed by atoms with Gasteiger partial charge in [-0.05, 0) is 29.8 Å². The van der Waals surface area contributed by atoms with Crippen molar-refractivity contribution in [3.63, 3.8) is 0 Å². The second kappa shape index (κ2) is 5.57. The van der Waals surface area contributed by atoms with Crippen LogP contribution in [0.5, 0.6) is 0 Å². The van der Waals surface area contributed by atoms with Crippen molar-refractivity contribution in [1.82, 2.24) is 4.98 Å². The van der Waals surface area contributed by atoms with Gasteiger partial charge in [0.2, 0.25) is 0 Å². The normalized spacial score (nSPS) is 12.0. The van der Waals surface area contributed by atoms with Crippen LogP contribution in [0, 0.1) is 11.3 Å². The average molecular weight is 274 g/mol. The van der Waals surface area contributed by atoms with Crippen molar-refractivity contribution in [2.45, 2.75) is 6.18 Å². The van der Waals surface area contributed by atoms with Crippen LogP contribution in [0.15, 0.2) is 48.7 Å². The van der Waals surface area contributed by atoms with Gasteiger partial charge in [0, 0.05) is 6.20 Å². The number of rotatable bonds is 2. The molecule has 1 aromatic heterocycles. The minimum Gasteiger partial charge on any atom is -0.256 e. The van der Waals surface area contributed by atoms with E-state index >= 15 is 0 Å². The van der Waals surface area contributed by atoms with Crippen LogP contribution in [0.1, 0.15) is 16.8 Å². The molecular weight excluding hydrogens is 265 g/mol. The number of nitrogens with zero attached hydrogens (tertiary/aromatic N) is 2. The highest BCUT2D eigenvalue weighted by Gasteiger charge is 2.32. The number of benzene rings is 1. The quantitative estimate of drug-likeness (QED) is 0.771. The van der Waals surface area contributed by atoms with E-state index in [1.807, 2.05) is 6.07 Å². The lowest BCUT2D eigenvalue weighted by atomic mass is 10.0. The molecular formula is C15H9F3N2. The summed E-state index contributed by atoms with van der Waals surface area (Å²) in [5.74, 6) is 0. The van der Waals surface area contributed by atoms with Gasteiger partial charge in [-0.1, -0.05) is 24.3 Å². The summed E-state index contributed by atoms with van der Waals surface area (Å²) in [6.07, 6.45) is -1.78. The highest BCUT2D eigenvalue weighted by atomic mass is 19.4. The summed E-state index contributed by atoms with van der Waals surface area (Å²) in [6.45, 7) is 0. The average Bonchev–Trinajstić information content (AvgIpc) is 2.45. The molecule has 1 heterocycles. The molecule has 0 radical (unpaired) electrons. The maximum atomic E-state index is 12.9. The van der Waals surface area contributed by atoms with Crippen molar-refractivity contribution in [3.8, 4) is 6.07 Å². The number of hydrogen-bond donors (Lipinski definition) is 0. The Hall–Kier alpha value is -2.61. The maximum absolute atomic E-state index is 12.9. The standard InChI is InChI=1S/C15H9F3N2/c16-15(17,18)13-6-2-1-5-11(13)9-12(10-19)14-7-3-4-8-20-14/h1-9H/b12-9+. The molecule has 2 rings (SSSR count). The van der Waals surface area contributed by atoms with Crippen molar-refractivity contribution >= 4 is 11.6 Å². The van der Waals surface area contributed by atoms with E-state index < -0.39 is 11.7 Å². The Labute approximate surface area is 113 Å². The summed E-state index contributed by atoms with van der Waals surface area (Å²) in [5.41, 5.74) is -0.403. The summed E-state index contributed by atoms with van der Waals surface area (Å²) in [6, 6.07) is 11.9. The third-order valence-corrected chi connectivity index (χ3v) is 2.63. The number of aromatic nitrogens is 1. The van der Waals surface area contributed by atoms with Crippen molar-refractivity contribution in [2.75, 3.05) is 0 Å². The van der Waals surface area contributed by atoms with E-state index in [4.69, 9.17) is 5.26 Å². The lowest BCUT2D eigenvalue weighted by Crippen LogP contribution is -2.07. The molecule has 0 spiro atoms. The summed E-state index contributed by atoms with van der Waals surface area (Å²) in [4.78, 5) is 3.97. The summed E-state index contributed by atoms with van der Waals surface area (Å²) in [5, 5.41) is 9.09. The lowest BCUT2D eigenvalue weighted by Gasteiger charge is -2.10. The van der Waals surface area contributed by atoms with Gasteiger partial charge < -0.3 is 0 Å². The Morgan fingerprint density at radius 3 is 2.40 bits per heavy atom. The van der Waals surface area contributed by atoms with Gasteiger partial charge in [-0.25, -0.2) is 0 Å². The molecule has 0 N–H and O–H groups in total. The zero-order valence-electron chi connectivity index (χ0n) is 10.2. The molecule has 0 saturated carbocycles. The number of halogens is 3. The number of nitriles is 1. The number of hydrogen-bond acceptors (Lipinski definition) is 2. The molecule has 0 bridgehead atoms. The highest BCUT2D eigenvalue weighted by molar-refractivity contribution is 5.88. The zero-order chi connectivity index (χ0) is 14.6. The first-order valence-electron chi connectivity index (χ1n) is 5.72. The van der Waals surface area contributed by atoms with E-state index in [1.165, 1.54) is 30.5 Å². The van der Waals surface area contributed by atoms with Crippen LogP contribution in [-0.4, -0.2) is 4.98 Å². The minimum absolute atomic E-state index is 0.0535. The van der Waals surface area contributed by atoms with Gasteiger partial charge in [-0.15, -0.1) is 0 Å². The monoisotopic (exact) mass is 274 g/mol. The van der Waals surface area contributed by atoms with Gasteiger partial charge in [-0.3, -0.25) is 4.98 Å². The van der Waals surface area contributed by atoms with Crippen LogP contribution >= 0.6 is 0 Å². The highest BCUT2D eigenvalue weighted by Crippen LogP contribution is 2.33. The molecule has 0 aliphatic carbocycles. The SMILES string of the molecule is N#C/C(=C\c1ccccc1C(F)(F)F)c1ccccn1. The summed E-state index contributed by atoms with van der Waals surface area (Å²) >= 11 is 0. The fourth-order valence-electron chi connectivity index (χ4n) is 1.72. The zero-order valence-corrected chi connectivity index (χ0v) is 10.2. The Morgan fingerprint density at radius 1 is 1.10 bits per heavy atom. The predicted octanol–water partition coefficient (Wildman–Crippen LogP) is 4.16.